The van der Waals surface area contributed by atoms with Crippen molar-refractivity contribution in [3.63, 3.8) is 0 Å². The third kappa shape index (κ3) is 6.21. The summed E-state index contributed by atoms with van der Waals surface area (Å²) in [6.07, 6.45) is 0. The van der Waals surface area contributed by atoms with E-state index in [9.17, 15) is 4.79 Å². The first-order valence-corrected chi connectivity index (χ1v) is 10.2. The monoisotopic (exact) mass is 406 g/mol. The summed E-state index contributed by atoms with van der Waals surface area (Å²) >= 11 is 1.65. The van der Waals surface area contributed by atoms with Crippen molar-refractivity contribution in [2.75, 3.05) is 27.4 Å². The molecule has 6 nitrogen and oxygen atoms in total. The summed E-state index contributed by atoms with van der Waals surface area (Å²) in [7, 11) is 3.25. The zero-order valence-corrected chi connectivity index (χ0v) is 18.4. The van der Waals surface area contributed by atoms with Crippen LogP contribution in [-0.4, -0.2) is 43.2 Å². The maximum Gasteiger partial charge on any atom is 0.320 e. The molecule has 0 atom stereocenters. The predicted octanol–water partition coefficient (Wildman–Crippen LogP) is 4.02. The zero-order valence-electron chi connectivity index (χ0n) is 17.6. The summed E-state index contributed by atoms with van der Waals surface area (Å²) in [6.45, 7) is 9.89. The fourth-order valence-corrected chi connectivity index (χ4v) is 3.63. The number of aromatic nitrogens is 1. The third-order valence-electron chi connectivity index (χ3n) is 4.13. The van der Waals surface area contributed by atoms with Crippen LogP contribution in [0, 0.1) is 0 Å². The van der Waals surface area contributed by atoms with Gasteiger partial charge in [-0.1, -0.05) is 26.8 Å². The number of esters is 1. The van der Waals surface area contributed by atoms with Crippen LogP contribution in [0.4, 0.5) is 0 Å². The number of methoxy groups -OCH3 is 2. The fraction of sp³-hybridized carbons (Fsp3) is 0.524. The molecule has 0 radical (unpaired) electrons. The number of hydrogen-bond acceptors (Lipinski definition) is 7. The molecule has 0 aliphatic heterocycles. The van der Waals surface area contributed by atoms with Gasteiger partial charge in [0.15, 0.2) is 0 Å². The Balaban J connectivity index is 2.22. The highest BCUT2D eigenvalue weighted by Crippen LogP contribution is 2.28. The number of hydrogen-bond donors (Lipinski definition) is 0. The van der Waals surface area contributed by atoms with E-state index in [1.54, 1.807) is 25.6 Å². The maximum atomic E-state index is 12.1. The van der Waals surface area contributed by atoms with E-state index < -0.39 is 0 Å². The van der Waals surface area contributed by atoms with Gasteiger partial charge in [0.25, 0.3) is 0 Å². The first-order valence-electron chi connectivity index (χ1n) is 9.30. The fourth-order valence-electron chi connectivity index (χ4n) is 2.73. The molecule has 1 heterocycles. The molecule has 1 aromatic carbocycles. The maximum absolute atomic E-state index is 12.1. The van der Waals surface area contributed by atoms with Gasteiger partial charge in [-0.15, -0.1) is 11.3 Å². The van der Waals surface area contributed by atoms with Crippen LogP contribution < -0.4 is 9.47 Å². The van der Waals surface area contributed by atoms with Crippen molar-refractivity contribution in [2.24, 2.45) is 0 Å². The van der Waals surface area contributed by atoms with E-state index in [4.69, 9.17) is 19.2 Å². The second-order valence-corrected chi connectivity index (χ2v) is 8.38. The Kier molecular flexibility index (Phi) is 7.83. The number of benzene rings is 1. The van der Waals surface area contributed by atoms with E-state index in [0.29, 0.717) is 19.7 Å². The Labute approximate surface area is 171 Å². The first-order chi connectivity index (χ1) is 13.3. The van der Waals surface area contributed by atoms with Crippen molar-refractivity contribution < 1.29 is 19.0 Å². The van der Waals surface area contributed by atoms with Gasteiger partial charge in [0.2, 0.25) is 0 Å². The Morgan fingerprint density at radius 3 is 2.50 bits per heavy atom. The van der Waals surface area contributed by atoms with Gasteiger partial charge in [0, 0.05) is 35.5 Å². The normalized spacial score (nSPS) is 11.5. The number of nitrogens with zero attached hydrogens (tertiary/aromatic N) is 2. The van der Waals surface area contributed by atoms with E-state index in [1.807, 2.05) is 30.0 Å². The molecule has 0 unspecified atom stereocenters. The molecule has 0 spiro atoms. The second-order valence-electron chi connectivity index (χ2n) is 7.52. The Bertz CT molecular complexity index is 783. The highest BCUT2D eigenvalue weighted by Gasteiger charge is 2.21. The SMILES string of the molecule is CCOC(=O)CN(Cc1csc(C(C)(C)C)n1)Cc1ccc(OC)cc1OC. The van der Waals surface area contributed by atoms with Crippen molar-refractivity contribution in [3.05, 3.63) is 39.8 Å². The molecule has 0 N–H and O–H groups in total. The topological polar surface area (TPSA) is 60.9 Å². The standard InChI is InChI=1S/C21H30N2O4S/c1-7-27-19(24)13-23(12-16-14-28-20(22-16)21(2,3)4)11-15-8-9-17(25-5)10-18(15)26-6/h8-10,14H,7,11-13H2,1-6H3. The van der Waals surface area contributed by atoms with Gasteiger partial charge in [-0.05, 0) is 13.0 Å². The Hall–Kier alpha value is -2.12. The van der Waals surface area contributed by atoms with E-state index in [2.05, 4.69) is 26.2 Å². The van der Waals surface area contributed by atoms with Crippen molar-refractivity contribution in [1.82, 2.24) is 9.88 Å². The average molecular weight is 407 g/mol. The molecular weight excluding hydrogens is 376 g/mol. The average Bonchev–Trinajstić information content (AvgIpc) is 3.11. The van der Waals surface area contributed by atoms with Crippen LogP contribution in [0.5, 0.6) is 11.5 Å². The minimum atomic E-state index is -0.249. The molecule has 7 heteroatoms. The molecule has 0 amide bonds. The molecule has 0 saturated heterocycles. The van der Waals surface area contributed by atoms with Crippen LogP contribution in [0.3, 0.4) is 0 Å². The molecular formula is C21H30N2O4S. The molecule has 1 aromatic heterocycles. The summed E-state index contributed by atoms with van der Waals surface area (Å²) < 4.78 is 15.9. The number of thiazole rings is 1. The van der Waals surface area contributed by atoms with Gasteiger partial charge in [0.05, 0.1) is 38.1 Å². The van der Waals surface area contributed by atoms with E-state index in [1.165, 1.54) is 0 Å². The summed E-state index contributed by atoms with van der Waals surface area (Å²) in [5.74, 6) is 1.20. The first kappa shape index (κ1) is 22.2. The molecule has 28 heavy (non-hydrogen) atoms. The van der Waals surface area contributed by atoms with Crippen LogP contribution in [0.2, 0.25) is 0 Å². The lowest BCUT2D eigenvalue weighted by Crippen LogP contribution is -2.30. The lowest BCUT2D eigenvalue weighted by atomic mass is 9.98. The Morgan fingerprint density at radius 1 is 1.18 bits per heavy atom. The Morgan fingerprint density at radius 2 is 1.93 bits per heavy atom. The lowest BCUT2D eigenvalue weighted by molar-refractivity contribution is -0.144. The van der Waals surface area contributed by atoms with Gasteiger partial charge < -0.3 is 14.2 Å². The summed E-state index contributed by atoms with van der Waals surface area (Å²) in [5.41, 5.74) is 1.93. The summed E-state index contributed by atoms with van der Waals surface area (Å²) in [4.78, 5) is 18.9. The van der Waals surface area contributed by atoms with Crippen LogP contribution >= 0.6 is 11.3 Å². The molecule has 2 aromatic rings. The van der Waals surface area contributed by atoms with Gasteiger partial charge >= 0.3 is 5.97 Å². The van der Waals surface area contributed by atoms with E-state index in [-0.39, 0.29) is 17.9 Å². The molecule has 0 aliphatic rings. The number of ether oxygens (including phenoxy) is 3. The number of carbonyl (C=O) groups is 1. The van der Waals surface area contributed by atoms with Gasteiger partial charge in [-0.3, -0.25) is 9.69 Å². The zero-order chi connectivity index (χ0) is 20.7. The van der Waals surface area contributed by atoms with Gasteiger partial charge in [0.1, 0.15) is 11.5 Å². The molecule has 0 saturated carbocycles. The summed E-state index contributed by atoms with van der Waals surface area (Å²) in [6, 6.07) is 5.69. The molecule has 2 rings (SSSR count). The smallest absolute Gasteiger partial charge is 0.320 e. The minimum Gasteiger partial charge on any atom is -0.497 e. The van der Waals surface area contributed by atoms with Gasteiger partial charge in [-0.25, -0.2) is 4.98 Å². The molecule has 154 valence electrons. The summed E-state index contributed by atoms with van der Waals surface area (Å²) in [5, 5.41) is 3.14. The quantitative estimate of drug-likeness (QED) is 0.586. The van der Waals surface area contributed by atoms with Gasteiger partial charge in [-0.2, -0.15) is 0 Å². The largest absolute Gasteiger partial charge is 0.497 e. The second kappa shape index (κ2) is 9.89. The number of rotatable bonds is 9. The van der Waals surface area contributed by atoms with Crippen LogP contribution in [0.15, 0.2) is 23.6 Å². The van der Waals surface area contributed by atoms with Crippen LogP contribution in [0.25, 0.3) is 0 Å². The minimum absolute atomic E-state index is 0.00803. The van der Waals surface area contributed by atoms with Crippen molar-refractivity contribution >= 4 is 17.3 Å². The highest BCUT2D eigenvalue weighted by molar-refractivity contribution is 7.09. The van der Waals surface area contributed by atoms with Crippen LogP contribution in [0.1, 0.15) is 44.0 Å². The van der Waals surface area contributed by atoms with Crippen LogP contribution in [-0.2, 0) is 28.0 Å². The molecule has 0 bridgehead atoms. The van der Waals surface area contributed by atoms with E-state index in [0.717, 1.165) is 27.8 Å². The lowest BCUT2D eigenvalue weighted by Gasteiger charge is -2.22. The third-order valence-corrected chi connectivity index (χ3v) is 5.44. The highest BCUT2D eigenvalue weighted by atomic mass is 32.1. The van der Waals surface area contributed by atoms with Crippen molar-refractivity contribution in [2.45, 2.75) is 46.2 Å². The predicted molar refractivity (Wildman–Crippen MR) is 111 cm³/mol. The van der Waals surface area contributed by atoms with E-state index >= 15 is 0 Å². The molecule has 0 fully saturated rings. The molecule has 0 aliphatic carbocycles. The van der Waals surface area contributed by atoms with Crippen molar-refractivity contribution in [3.8, 4) is 11.5 Å². The number of carbonyl (C=O) groups excluding carboxylic acids is 1. The van der Waals surface area contributed by atoms with Crippen molar-refractivity contribution in [1.29, 1.82) is 0 Å².